The van der Waals surface area contributed by atoms with E-state index in [1.54, 1.807) is 0 Å². The molecule has 0 spiro atoms. The molecular formula is C15H24N2O. The molecule has 0 aliphatic heterocycles. The van der Waals surface area contributed by atoms with Gasteiger partial charge in [0, 0.05) is 19.5 Å². The van der Waals surface area contributed by atoms with E-state index >= 15 is 0 Å². The monoisotopic (exact) mass is 248 g/mol. The van der Waals surface area contributed by atoms with Gasteiger partial charge in [-0.15, -0.1) is 0 Å². The predicted octanol–water partition coefficient (Wildman–Crippen LogP) is 2.38. The van der Waals surface area contributed by atoms with Crippen molar-refractivity contribution in [1.29, 1.82) is 0 Å². The van der Waals surface area contributed by atoms with E-state index in [1.165, 1.54) is 11.1 Å². The van der Waals surface area contributed by atoms with Gasteiger partial charge in [0.2, 0.25) is 5.91 Å². The molecule has 3 heteroatoms. The smallest absolute Gasteiger partial charge is 0.220 e. The van der Waals surface area contributed by atoms with Gasteiger partial charge in [-0.2, -0.15) is 0 Å². The SMILES string of the molecule is CC(C)c1ccc(C(C)CC(=O)NCCN)cc1. The molecule has 0 saturated heterocycles. The Bertz CT molecular complexity index is 371. The average Bonchev–Trinajstić information content (AvgIpc) is 2.36. The van der Waals surface area contributed by atoms with Gasteiger partial charge in [-0.25, -0.2) is 0 Å². The highest BCUT2D eigenvalue weighted by Crippen LogP contribution is 2.22. The number of nitrogens with two attached hydrogens (primary N) is 1. The number of hydrogen-bond donors (Lipinski definition) is 2. The predicted molar refractivity (Wildman–Crippen MR) is 75.6 cm³/mol. The fourth-order valence-corrected chi connectivity index (χ4v) is 1.89. The summed E-state index contributed by atoms with van der Waals surface area (Å²) in [5.41, 5.74) is 7.89. The first-order chi connectivity index (χ1) is 8.54. The number of benzene rings is 1. The van der Waals surface area contributed by atoms with E-state index in [9.17, 15) is 4.79 Å². The molecule has 0 aliphatic carbocycles. The highest BCUT2D eigenvalue weighted by molar-refractivity contribution is 5.76. The lowest BCUT2D eigenvalue weighted by atomic mass is 9.94. The van der Waals surface area contributed by atoms with Crippen LogP contribution in [0.25, 0.3) is 0 Å². The van der Waals surface area contributed by atoms with Crippen LogP contribution in [-0.4, -0.2) is 19.0 Å². The number of carbonyl (C=O) groups is 1. The minimum absolute atomic E-state index is 0.0703. The Labute approximate surface area is 110 Å². The fraction of sp³-hybridized carbons (Fsp3) is 0.533. The van der Waals surface area contributed by atoms with E-state index in [0.717, 1.165) is 0 Å². The first-order valence-electron chi connectivity index (χ1n) is 6.61. The van der Waals surface area contributed by atoms with Crippen LogP contribution in [0.3, 0.4) is 0 Å². The molecule has 3 N–H and O–H groups in total. The van der Waals surface area contributed by atoms with Crippen LogP contribution in [0.2, 0.25) is 0 Å². The second-order valence-corrected chi connectivity index (χ2v) is 5.07. The molecule has 1 rings (SSSR count). The number of nitrogens with one attached hydrogen (secondary N) is 1. The molecule has 0 saturated carbocycles. The summed E-state index contributed by atoms with van der Waals surface area (Å²) in [5.74, 6) is 0.854. The van der Waals surface area contributed by atoms with Crippen molar-refractivity contribution in [3.63, 3.8) is 0 Å². The molecule has 1 amide bonds. The maximum Gasteiger partial charge on any atom is 0.220 e. The molecule has 0 aromatic heterocycles. The average molecular weight is 248 g/mol. The van der Waals surface area contributed by atoms with Gasteiger partial charge in [0.15, 0.2) is 0 Å². The van der Waals surface area contributed by atoms with Gasteiger partial charge >= 0.3 is 0 Å². The number of carbonyl (C=O) groups excluding carboxylic acids is 1. The summed E-state index contributed by atoms with van der Waals surface area (Å²) in [5, 5.41) is 2.80. The minimum Gasteiger partial charge on any atom is -0.355 e. The van der Waals surface area contributed by atoms with Gasteiger partial charge in [0.1, 0.15) is 0 Å². The van der Waals surface area contributed by atoms with E-state index < -0.39 is 0 Å². The molecule has 0 fully saturated rings. The van der Waals surface area contributed by atoms with Crippen LogP contribution >= 0.6 is 0 Å². The summed E-state index contributed by atoms with van der Waals surface area (Å²) in [6.07, 6.45) is 0.515. The molecular weight excluding hydrogens is 224 g/mol. The molecule has 3 nitrogen and oxygen atoms in total. The molecule has 1 aromatic carbocycles. The third kappa shape index (κ3) is 4.49. The van der Waals surface area contributed by atoms with Gasteiger partial charge < -0.3 is 11.1 Å². The third-order valence-electron chi connectivity index (χ3n) is 3.13. The Balaban J connectivity index is 2.56. The minimum atomic E-state index is 0.0703. The lowest BCUT2D eigenvalue weighted by Crippen LogP contribution is -2.29. The Morgan fingerprint density at radius 3 is 2.22 bits per heavy atom. The van der Waals surface area contributed by atoms with Crippen molar-refractivity contribution in [3.05, 3.63) is 35.4 Å². The van der Waals surface area contributed by atoms with Gasteiger partial charge in [0.05, 0.1) is 0 Å². The van der Waals surface area contributed by atoms with E-state index in [1.807, 2.05) is 0 Å². The van der Waals surface area contributed by atoms with Crippen LogP contribution in [0.1, 0.15) is 50.2 Å². The van der Waals surface area contributed by atoms with E-state index in [0.29, 0.717) is 25.4 Å². The van der Waals surface area contributed by atoms with Gasteiger partial charge in [-0.05, 0) is 23.0 Å². The second-order valence-electron chi connectivity index (χ2n) is 5.07. The van der Waals surface area contributed by atoms with Crippen molar-refractivity contribution in [1.82, 2.24) is 5.32 Å². The summed E-state index contributed by atoms with van der Waals surface area (Å²) in [6.45, 7) is 7.48. The van der Waals surface area contributed by atoms with Crippen LogP contribution in [0.5, 0.6) is 0 Å². The van der Waals surface area contributed by atoms with Crippen molar-refractivity contribution in [2.75, 3.05) is 13.1 Å². The lowest BCUT2D eigenvalue weighted by molar-refractivity contribution is -0.121. The fourth-order valence-electron chi connectivity index (χ4n) is 1.89. The van der Waals surface area contributed by atoms with E-state index in [4.69, 9.17) is 5.73 Å². The number of amides is 1. The maximum atomic E-state index is 11.6. The largest absolute Gasteiger partial charge is 0.355 e. The lowest BCUT2D eigenvalue weighted by Gasteiger charge is -2.13. The standard InChI is InChI=1S/C15H24N2O/c1-11(2)13-4-6-14(7-5-13)12(3)10-15(18)17-9-8-16/h4-7,11-12H,8-10,16H2,1-3H3,(H,17,18). The van der Waals surface area contributed by atoms with Gasteiger partial charge in [-0.3, -0.25) is 4.79 Å². The molecule has 1 atom stereocenters. The van der Waals surface area contributed by atoms with Crippen LogP contribution < -0.4 is 11.1 Å². The summed E-state index contributed by atoms with van der Waals surface area (Å²) in [7, 11) is 0. The zero-order valence-corrected chi connectivity index (χ0v) is 11.6. The zero-order chi connectivity index (χ0) is 13.5. The molecule has 0 bridgehead atoms. The molecule has 1 unspecified atom stereocenters. The normalized spacial score (nSPS) is 12.5. The highest BCUT2D eigenvalue weighted by atomic mass is 16.1. The zero-order valence-electron chi connectivity index (χ0n) is 11.6. The number of rotatable bonds is 6. The van der Waals surface area contributed by atoms with Crippen molar-refractivity contribution < 1.29 is 4.79 Å². The van der Waals surface area contributed by atoms with Crippen molar-refractivity contribution in [2.45, 2.75) is 39.0 Å². The quantitative estimate of drug-likeness (QED) is 0.812. The van der Waals surface area contributed by atoms with Crippen molar-refractivity contribution in [2.24, 2.45) is 5.73 Å². The number of hydrogen-bond acceptors (Lipinski definition) is 2. The molecule has 0 heterocycles. The highest BCUT2D eigenvalue weighted by Gasteiger charge is 2.11. The molecule has 0 aliphatic rings. The summed E-state index contributed by atoms with van der Waals surface area (Å²) in [4.78, 5) is 11.6. The van der Waals surface area contributed by atoms with E-state index in [2.05, 4.69) is 50.4 Å². The molecule has 18 heavy (non-hydrogen) atoms. The first kappa shape index (κ1) is 14.7. The Morgan fingerprint density at radius 1 is 1.17 bits per heavy atom. The van der Waals surface area contributed by atoms with Crippen molar-refractivity contribution in [3.8, 4) is 0 Å². The molecule has 0 radical (unpaired) electrons. The summed E-state index contributed by atoms with van der Waals surface area (Å²) in [6, 6.07) is 8.54. The van der Waals surface area contributed by atoms with Crippen LogP contribution in [0.4, 0.5) is 0 Å². The van der Waals surface area contributed by atoms with Crippen LogP contribution in [0, 0.1) is 0 Å². The summed E-state index contributed by atoms with van der Waals surface area (Å²) >= 11 is 0. The second kappa shape index (κ2) is 7.17. The maximum absolute atomic E-state index is 11.6. The Hall–Kier alpha value is -1.35. The van der Waals surface area contributed by atoms with Gasteiger partial charge in [0.25, 0.3) is 0 Å². The Kier molecular flexibility index (Phi) is 5.86. The first-order valence-corrected chi connectivity index (χ1v) is 6.61. The third-order valence-corrected chi connectivity index (χ3v) is 3.13. The van der Waals surface area contributed by atoms with Gasteiger partial charge in [-0.1, -0.05) is 45.0 Å². The van der Waals surface area contributed by atoms with Crippen LogP contribution in [-0.2, 0) is 4.79 Å². The summed E-state index contributed by atoms with van der Waals surface area (Å²) < 4.78 is 0. The topological polar surface area (TPSA) is 55.1 Å². The Morgan fingerprint density at radius 2 is 1.72 bits per heavy atom. The van der Waals surface area contributed by atoms with Crippen molar-refractivity contribution >= 4 is 5.91 Å². The molecule has 1 aromatic rings. The van der Waals surface area contributed by atoms with Crippen LogP contribution in [0.15, 0.2) is 24.3 Å². The molecule has 100 valence electrons. The van der Waals surface area contributed by atoms with E-state index in [-0.39, 0.29) is 11.8 Å².